The van der Waals surface area contributed by atoms with Crippen LogP contribution in [0.3, 0.4) is 0 Å². The van der Waals surface area contributed by atoms with Crippen molar-refractivity contribution in [1.29, 1.82) is 0 Å². The Labute approximate surface area is 115 Å². The van der Waals surface area contributed by atoms with Gasteiger partial charge in [-0.3, -0.25) is 4.79 Å². The SMILES string of the molecule is C[C@@H]1CCCN(C(=O)c2cc(F)c(Cl)nc2Cl)C1. The molecule has 0 saturated carbocycles. The molecule has 1 aromatic heterocycles. The number of hydrogen-bond acceptors (Lipinski definition) is 2. The highest BCUT2D eigenvalue weighted by Crippen LogP contribution is 2.24. The van der Waals surface area contributed by atoms with Crippen molar-refractivity contribution in [3.05, 3.63) is 27.8 Å². The average Bonchev–Trinajstić information content (AvgIpc) is 2.33. The van der Waals surface area contributed by atoms with Gasteiger partial charge in [0, 0.05) is 13.1 Å². The summed E-state index contributed by atoms with van der Waals surface area (Å²) >= 11 is 11.3. The zero-order chi connectivity index (χ0) is 13.3. The molecule has 0 N–H and O–H groups in total. The summed E-state index contributed by atoms with van der Waals surface area (Å²) in [6, 6.07) is 1.05. The van der Waals surface area contributed by atoms with Gasteiger partial charge in [-0.2, -0.15) is 0 Å². The second-order valence-corrected chi connectivity index (χ2v) is 5.31. The summed E-state index contributed by atoms with van der Waals surface area (Å²) in [7, 11) is 0. The molecule has 98 valence electrons. The molecule has 0 aromatic carbocycles. The standard InChI is InChI=1S/C12H13Cl2FN2O/c1-7-3-2-4-17(6-7)12(18)8-5-9(15)11(14)16-10(8)13/h5,7H,2-4,6H2,1H3/t7-/m1/s1. The molecule has 2 rings (SSSR count). The molecule has 6 heteroatoms. The smallest absolute Gasteiger partial charge is 0.257 e. The number of rotatable bonds is 1. The molecular weight excluding hydrogens is 278 g/mol. The van der Waals surface area contributed by atoms with Gasteiger partial charge in [0.1, 0.15) is 5.15 Å². The van der Waals surface area contributed by atoms with Gasteiger partial charge >= 0.3 is 0 Å². The van der Waals surface area contributed by atoms with E-state index in [4.69, 9.17) is 23.2 Å². The van der Waals surface area contributed by atoms with Crippen molar-refractivity contribution in [2.24, 2.45) is 5.92 Å². The summed E-state index contributed by atoms with van der Waals surface area (Å²) in [6.45, 7) is 3.42. The minimum absolute atomic E-state index is 0.0513. The summed E-state index contributed by atoms with van der Waals surface area (Å²) in [4.78, 5) is 17.5. The van der Waals surface area contributed by atoms with Crippen LogP contribution < -0.4 is 0 Å². The van der Waals surface area contributed by atoms with Gasteiger partial charge in [0.05, 0.1) is 5.56 Å². The Bertz CT molecular complexity index is 481. The van der Waals surface area contributed by atoms with Gasteiger partial charge in [0.15, 0.2) is 11.0 Å². The second kappa shape index (κ2) is 5.41. The van der Waals surface area contributed by atoms with Crippen LogP contribution in [-0.2, 0) is 0 Å². The minimum Gasteiger partial charge on any atom is -0.338 e. The van der Waals surface area contributed by atoms with Crippen LogP contribution in [0.15, 0.2) is 6.07 Å². The van der Waals surface area contributed by atoms with Crippen LogP contribution in [0.4, 0.5) is 4.39 Å². The monoisotopic (exact) mass is 290 g/mol. The van der Waals surface area contributed by atoms with Crippen molar-refractivity contribution in [3.8, 4) is 0 Å². The van der Waals surface area contributed by atoms with Crippen LogP contribution in [0, 0.1) is 11.7 Å². The molecule has 0 bridgehead atoms. The lowest BCUT2D eigenvalue weighted by molar-refractivity contribution is 0.0682. The van der Waals surface area contributed by atoms with E-state index in [1.54, 1.807) is 4.90 Å². The molecule has 18 heavy (non-hydrogen) atoms. The van der Waals surface area contributed by atoms with E-state index in [1.165, 1.54) is 0 Å². The molecule has 1 atom stereocenters. The largest absolute Gasteiger partial charge is 0.338 e. The Kier molecular flexibility index (Phi) is 4.07. The number of halogens is 3. The van der Waals surface area contributed by atoms with E-state index in [0.717, 1.165) is 18.9 Å². The summed E-state index contributed by atoms with van der Waals surface area (Å²) in [5, 5.41) is -0.367. The van der Waals surface area contributed by atoms with E-state index >= 15 is 0 Å². The fourth-order valence-corrected chi connectivity index (χ4v) is 2.54. The Morgan fingerprint density at radius 1 is 1.50 bits per heavy atom. The molecule has 2 heterocycles. The number of piperidine rings is 1. The first-order valence-electron chi connectivity index (χ1n) is 5.80. The van der Waals surface area contributed by atoms with Crippen molar-refractivity contribution in [2.75, 3.05) is 13.1 Å². The van der Waals surface area contributed by atoms with Gasteiger partial charge in [0.2, 0.25) is 0 Å². The molecule has 1 aliphatic heterocycles. The first kappa shape index (κ1) is 13.6. The van der Waals surface area contributed by atoms with E-state index < -0.39 is 5.82 Å². The van der Waals surface area contributed by atoms with Crippen LogP contribution in [0.2, 0.25) is 10.3 Å². The predicted octanol–water partition coefficient (Wildman–Crippen LogP) is 3.40. The van der Waals surface area contributed by atoms with Crippen molar-refractivity contribution in [3.63, 3.8) is 0 Å². The Morgan fingerprint density at radius 2 is 2.22 bits per heavy atom. The molecule has 0 radical (unpaired) electrons. The molecule has 1 fully saturated rings. The zero-order valence-corrected chi connectivity index (χ0v) is 11.4. The van der Waals surface area contributed by atoms with E-state index in [2.05, 4.69) is 11.9 Å². The number of hydrogen-bond donors (Lipinski definition) is 0. The fourth-order valence-electron chi connectivity index (χ4n) is 2.14. The van der Waals surface area contributed by atoms with Crippen LogP contribution in [0.1, 0.15) is 30.1 Å². The van der Waals surface area contributed by atoms with Crippen LogP contribution >= 0.6 is 23.2 Å². The number of carbonyl (C=O) groups is 1. The molecule has 1 aromatic rings. The maximum absolute atomic E-state index is 13.3. The summed E-state index contributed by atoms with van der Waals surface area (Å²) in [5.74, 6) is -0.560. The van der Waals surface area contributed by atoms with E-state index in [9.17, 15) is 9.18 Å². The van der Waals surface area contributed by atoms with Gasteiger partial charge in [-0.1, -0.05) is 30.1 Å². The fraction of sp³-hybridized carbons (Fsp3) is 0.500. The van der Waals surface area contributed by atoms with Crippen molar-refractivity contribution in [2.45, 2.75) is 19.8 Å². The first-order chi connectivity index (χ1) is 8.49. The van der Waals surface area contributed by atoms with Gasteiger partial charge < -0.3 is 4.90 Å². The normalized spacial score (nSPS) is 20.0. The van der Waals surface area contributed by atoms with Crippen LogP contribution in [-0.4, -0.2) is 28.9 Å². The Balaban J connectivity index is 2.25. The summed E-state index contributed by atoms with van der Waals surface area (Å²) in [5.41, 5.74) is 0.0765. The molecular formula is C12H13Cl2FN2O. The van der Waals surface area contributed by atoms with Crippen LogP contribution in [0.5, 0.6) is 0 Å². The molecule has 0 aliphatic carbocycles. The number of nitrogens with zero attached hydrogens (tertiary/aromatic N) is 2. The third-order valence-electron chi connectivity index (χ3n) is 3.06. The van der Waals surface area contributed by atoms with Crippen molar-refractivity contribution in [1.82, 2.24) is 9.88 Å². The third-order valence-corrected chi connectivity index (χ3v) is 3.61. The van der Waals surface area contributed by atoms with Crippen molar-refractivity contribution >= 4 is 29.1 Å². The number of pyridine rings is 1. The predicted molar refractivity (Wildman–Crippen MR) is 68.5 cm³/mol. The average molecular weight is 291 g/mol. The highest BCUT2D eigenvalue weighted by atomic mass is 35.5. The number of aromatic nitrogens is 1. The number of amides is 1. The first-order valence-corrected chi connectivity index (χ1v) is 6.55. The second-order valence-electron chi connectivity index (χ2n) is 4.60. The van der Waals surface area contributed by atoms with E-state index in [0.29, 0.717) is 19.0 Å². The number of carbonyl (C=O) groups excluding carboxylic acids is 1. The summed E-state index contributed by atoms with van der Waals surface area (Å²) < 4.78 is 13.3. The van der Waals surface area contributed by atoms with Crippen LogP contribution in [0.25, 0.3) is 0 Å². The minimum atomic E-state index is -0.727. The quantitative estimate of drug-likeness (QED) is 0.743. The zero-order valence-electron chi connectivity index (χ0n) is 9.92. The van der Waals surface area contributed by atoms with E-state index in [1.807, 2.05) is 0 Å². The van der Waals surface area contributed by atoms with Gasteiger partial charge in [-0.05, 0) is 24.8 Å². The maximum Gasteiger partial charge on any atom is 0.257 e. The lowest BCUT2D eigenvalue weighted by Gasteiger charge is -2.31. The van der Waals surface area contributed by atoms with Gasteiger partial charge in [-0.15, -0.1) is 0 Å². The number of likely N-dealkylation sites (tertiary alicyclic amines) is 1. The lowest BCUT2D eigenvalue weighted by Crippen LogP contribution is -2.39. The molecule has 0 unspecified atom stereocenters. The van der Waals surface area contributed by atoms with Gasteiger partial charge in [0.25, 0.3) is 5.91 Å². The molecule has 0 spiro atoms. The maximum atomic E-state index is 13.3. The third kappa shape index (κ3) is 2.75. The lowest BCUT2D eigenvalue weighted by atomic mass is 10.00. The molecule has 1 aliphatic rings. The van der Waals surface area contributed by atoms with Crippen molar-refractivity contribution < 1.29 is 9.18 Å². The Hall–Kier alpha value is -0.870. The van der Waals surface area contributed by atoms with Gasteiger partial charge in [-0.25, -0.2) is 9.37 Å². The highest BCUT2D eigenvalue weighted by molar-refractivity contribution is 6.34. The summed E-state index contributed by atoms with van der Waals surface area (Å²) in [6.07, 6.45) is 2.05. The Morgan fingerprint density at radius 3 is 2.89 bits per heavy atom. The highest BCUT2D eigenvalue weighted by Gasteiger charge is 2.25. The molecule has 1 saturated heterocycles. The van der Waals surface area contributed by atoms with E-state index in [-0.39, 0.29) is 21.8 Å². The molecule has 3 nitrogen and oxygen atoms in total. The molecule has 1 amide bonds. The topological polar surface area (TPSA) is 33.2 Å².